The largest absolute Gasteiger partial charge is 0.497 e. The molecule has 0 aliphatic rings. The SMILES string of the molecule is CCOP(=O)(OCC)C(Nc1cccc(Cl)c1)c1ccc(OC)cc1OC. The van der Waals surface area contributed by atoms with Gasteiger partial charge in [0.1, 0.15) is 11.5 Å². The fourth-order valence-corrected chi connectivity index (χ4v) is 4.80. The topological polar surface area (TPSA) is 66.0 Å². The minimum Gasteiger partial charge on any atom is -0.497 e. The van der Waals surface area contributed by atoms with Crippen LogP contribution in [-0.2, 0) is 13.6 Å². The molecule has 2 rings (SSSR count). The van der Waals surface area contributed by atoms with Crippen molar-refractivity contribution >= 4 is 24.9 Å². The molecule has 2 aromatic rings. The standard InChI is InChI=1S/C19H25ClNO5P/c1-5-25-27(22,26-6-2)19(21-15-9-7-8-14(20)12-15)17-11-10-16(23-3)13-18(17)24-4/h7-13,19,21H,5-6H2,1-4H3. The molecule has 0 fully saturated rings. The van der Waals surface area contributed by atoms with E-state index < -0.39 is 13.4 Å². The first-order valence-corrected chi connectivity index (χ1v) is 10.6. The van der Waals surface area contributed by atoms with Crippen molar-refractivity contribution in [2.45, 2.75) is 19.6 Å². The summed E-state index contributed by atoms with van der Waals surface area (Å²) in [5.41, 5.74) is 1.31. The maximum absolute atomic E-state index is 13.6. The molecule has 1 atom stereocenters. The van der Waals surface area contributed by atoms with Crippen molar-refractivity contribution in [3.8, 4) is 11.5 Å². The van der Waals surface area contributed by atoms with Crippen molar-refractivity contribution in [1.29, 1.82) is 0 Å². The lowest BCUT2D eigenvalue weighted by atomic mass is 10.1. The van der Waals surface area contributed by atoms with Crippen molar-refractivity contribution in [2.75, 3.05) is 32.8 Å². The van der Waals surface area contributed by atoms with Crippen molar-refractivity contribution in [2.24, 2.45) is 0 Å². The van der Waals surface area contributed by atoms with Gasteiger partial charge in [-0.15, -0.1) is 0 Å². The third-order valence-electron chi connectivity index (χ3n) is 3.80. The number of methoxy groups -OCH3 is 2. The molecular formula is C19H25ClNO5P. The summed E-state index contributed by atoms with van der Waals surface area (Å²) < 4.78 is 35.6. The Hall–Kier alpha value is -1.72. The second-order valence-electron chi connectivity index (χ2n) is 5.54. The molecule has 0 saturated heterocycles. The average Bonchev–Trinajstić information content (AvgIpc) is 2.66. The van der Waals surface area contributed by atoms with Crippen LogP contribution in [-0.4, -0.2) is 27.4 Å². The Balaban J connectivity index is 2.56. The van der Waals surface area contributed by atoms with E-state index in [1.807, 2.05) is 6.07 Å². The Morgan fingerprint density at radius 1 is 1.04 bits per heavy atom. The molecule has 0 aromatic heterocycles. The first kappa shape index (κ1) is 21.6. The molecule has 27 heavy (non-hydrogen) atoms. The van der Waals surface area contributed by atoms with Gasteiger partial charge in [0.25, 0.3) is 0 Å². The Morgan fingerprint density at radius 2 is 1.74 bits per heavy atom. The average molecular weight is 414 g/mol. The molecule has 2 aromatic carbocycles. The van der Waals surface area contributed by atoms with Crippen LogP contribution in [0.5, 0.6) is 11.5 Å². The maximum atomic E-state index is 13.6. The normalized spacial score (nSPS) is 12.5. The minimum atomic E-state index is -3.57. The zero-order valence-corrected chi connectivity index (χ0v) is 17.5. The highest BCUT2D eigenvalue weighted by Gasteiger charge is 2.39. The molecule has 0 spiro atoms. The highest BCUT2D eigenvalue weighted by atomic mass is 35.5. The first-order valence-electron chi connectivity index (χ1n) is 8.60. The number of nitrogens with one attached hydrogen (secondary N) is 1. The second kappa shape index (κ2) is 10.00. The molecule has 0 aliphatic carbocycles. The second-order valence-corrected chi connectivity index (χ2v) is 8.09. The lowest BCUT2D eigenvalue weighted by Crippen LogP contribution is -2.16. The quantitative estimate of drug-likeness (QED) is 0.501. The summed E-state index contributed by atoms with van der Waals surface area (Å²) in [5.74, 6) is 0.338. The molecule has 148 valence electrons. The highest BCUT2D eigenvalue weighted by Crippen LogP contribution is 2.62. The molecule has 6 nitrogen and oxygen atoms in total. The fourth-order valence-electron chi connectivity index (χ4n) is 2.65. The van der Waals surface area contributed by atoms with Crippen molar-refractivity contribution in [3.05, 3.63) is 53.1 Å². The van der Waals surface area contributed by atoms with E-state index in [-0.39, 0.29) is 13.2 Å². The zero-order chi connectivity index (χ0) is 19.9. The number of anilines is 1. The van der Waals surface area contributed by atoms with Crippen LogP contribution in [0.4, 0.5) is 5.69 Å². The predicted octanol–water partition coefficient (Wildman–Crippen LogP) is 5.73. The summed E-state index contributed by atoms with van der Waals surface area (Å²) in [7, 11) is -0.457. The summed E-state index contributed by atoms with van der Waals surface area (Å²) in [6.07, 6.45) is 0. The van der Waals surface area contributed by atoms with Crippen LogP contribution in [0.3, 0.4) is 0 Å². The molecule has 0 radical (unpaired) electrons. The Morgan fingerprint density at radius 3 is 2.30 bits per heavy atom. The molecule has 0 bridgehead atoms. The Kier molecular flexibility index (Phi) is 7.99. The fraction of sp³-hybridized carbons (Fsp3) is 0.368. The number of benzene rings is 2. The molecule has 8 heteroatoms. The van der Waals surface area contributed by atoms with Gasteiger partial charge in [-0.1, -0.05) is 17.7 Å². The molecule has 0 aliphatic heterocycles. The van der Waals surface area contributed by atoms with Crippen LogP contribution in [0.1, 0.15) is 25.2 Å². The van der Waals surface area contributed by atoms with Crippen molar-refractivity contribution in [3.63, 3.8) is 0 Å². The van der Waals surface area contributed by atoms with E-state index in [1.165, 1.54) is 0 Å². The van der Waals surface area contributed by atoms with Gasteiger partial charge in [0.05, 0.1) is 27.4 Å². The van der Waals surface area contributed by atoms with Gasteiger partial charge in [-0.05, 0) is 44.2 Å². The van der Waals surface area contributed by atoms with E-state index in [9.17, 15) is 4.57 Å². The molecule has 0 saturated carbocycles. The molecule has 1 N–H and O–H groups in total. The van der Waals surface area contributed by atoms with Gasteiger partial charge >= 0.3 is 7.60 Å². The van der Waals surface area contributed by atoms with Gasteiger partial charge in [-0.2, -0.15) is 0 Å². The van der Waals surface area contributed by atoms with Gasteiger partial charge in [0, 0.05) is 22.3 Å². The van der Waals surface area contributed by atoms with Crippen molar-refractivity contribution in [1.82, 2.24) is 0 Å². The van der Waals surface area contributed by atoms with Crippen LogP contribution in [0, 0.1) is 0 Å². The van der Waals surface area contributed by atoms with Crippen LogP contribution >= 0.6 is 19.2 Å². The first-order chi connectivity index (χ1) is 13.0. The summed E-state index contributed by atoms with van der Waals surface area (Å²) in [6.45, 7) is 4.02. The lowest BCUT2D eigenvalue weighted by molar-refractivity contribution is 0.213. The van der Waals surface area contributed by atoms with Crippen LogP contribution in [0.25, 0.3) is 0 Å². The smallest absolute Gasteiger partial charge is 0.357 e. The number of ether oxygens (including phenoxy) is 2. The van der Waals surface area contributed by atoms with Crippen LogP contribution in [0.15, 0.2) is 42.5 Å². The van der Waals surface area contributed by atoms with Crippen LogP contribution < -0.4 is 14.8 Å². The molecule has 0 heterocycles. The lowest BCUT2D eigenvalue weighted by Gasteiger charge is -2.29. The number of rotatable bonds is 10. The van der Waals surface area contributed by atoms with E-state index >= 15 is 0 Å². The number of hydrogen-bond donors (Lipinski definition) is 1. The Labute approximate surface area is 165 Å². The third-order valence-corrected chi connectivity index (χ3v) is 6.31. The zero-order valence-electron chi connectivity index (χ0n) is 15.9. The third kappa shape index (κ3) is 5.39. The summed E-state index contributed by atoms with van der Waals surface area (Å²) in [4.78, 5) is 0. The predicted molar refractivity (Wildman–Crippen MR) is 108 cm³/mol. The minimum absolute atomic E-state index is 0.240. The van der Waals surface area contributed by atoms with Crippen LogP contribution in [0.2, 0.25) is 5.02 Å². The van der Waals surface area contributed by atoms with Crippen molar-refractivity contribution < 1.29 is 23.1 Å². The van der Waals surface area contributed by atoms with E-state index in [0.717, 1.165) is 0 Å². The Bertz CT molecular complexity index is 791. The molecular weight excluding hydrogens is 389 g/mol. The molecule has 0 amide bonds. The summed E-state index contributed by atoms with van der Waals surface area (Å²) in [6, 6.07) is 12.4. The number of hydrogen-bond acceptors (Lipinski definition) is 6. The van der Waals surface area contributed by atoms with Gasteiger partial charge in [-0.25, -0.2) is 0 Å². The van der Waals surface area contributed by atoms with E-state index in [4.69, 9.17) is 30.1 Å². The van der Waals surface area contributed by atoms with E-state index in [1.54, 1.807) is 64.5 Å². The van der Waals surface area contributed by atoms with Gasteiger partial charge in [-0.3, -0.25) is 4.57 Å². The maximum Gasteiger partial charge on any atom is 0.357 e. The monoisotopic (exact) mass is 413 g/mol. The highest BCUT2D eigenvalue weighted by molar-refractivity contribution is 7.54. The summed E-state index contributed by atoms with van der Waals surface area (Å²) >= 11 is 6.10. The summed E-state index contributed by atoms with van der Waals surface area (Å²) in [5, 5.41) is 3.80. The molecule has 1 unspecified atom stereocenters. The van der Waals surface area contributed by atoms with E-state index in [0.29, 0.717) is 27.8 Å². The van der Waals surface area contributed by atoms with E-state index in [2.05, 4.69) is 5.32 Å². The van der Waals surface area contributed by atoms with Gasteiger partial charge in [0.15, 0.2) is 5.78 Å². The number of halogens is 1. The van der Waals surface area contributed by atoms with Gasteiger partial charge < -0.3 is 23.8 Å². The van der Waals surface area contributed by atoms with Gasteiger partial charge in [0.2, 0.25) is 0 Å².